The summed E-state index contributed by atoms with van der Waals surface area (Å²) in [4.78, 5) is 20.7. The number of carbonyl (C=O) groups excluding carboxylic acids is 1. The first kappa shape index (κ1) is 26.1. The molecule has 39 heavy (non-hydrogen) atoms. The van der Waals surface area contributed by atoms with Gasteiger partial charge in [0.1, 0.15) is 0 Å². The zero-order valence-electron chi connectivity index (χ0n) is 22.9. The van der Waals surface area contributed by atoms with E-state index in [4.69, 9.17) is 16.6 Å². The van der Waals surface area contributed by atoms with Crippen molar-refractivity contribution < 1.29 is 9.90 Å². The molecule has 1 aromatic heterocycles. The number of fused-ring (bicyclic) bond motifs is 3. The molecule has 0 saturated heterocycles. The molecular formula is C32H37ClN4O2. The predicted octanol–water partition coefficient (Wildman–Crippen LogP) is 7.07. The smallest absolute Gasteiger partial charge is 0.291 e. The van der Waals surface area contributed by atoms with Gasteiger partial charge in [-0.25, -0.2) is 4.98 Å². The highest BCUT2D eigenvalue weighted by Gasteiger charge is 2.55. The molecular weight excluding hydrogens is 508 g/mol. The van der Waals surface area contributed by atoms with E-state index >= 15 is 0 Å². The first-order valence-corrected chi connectivity index (χ1v) is 14.4. The number of aliphatic hydroxyl groups excluding tert-OH is 1. The van der Waals surface area contributed by atoms with Gasteiger partial charge in [-0.05, 0) is 80.7 Å². The van der Waals surface area contributed by atoms with Gasteiger partial charge in [-0.15, -0.1) is 0 Å². The number of hydrogen-bond acceptors (Lipinski definition) is 4. The number of rotatable bonds is 7. The average molecular weight is 545 g/mol. The van der Waals surface area contributed by atoms with Gasteiger partial charge in [-0.1, -0.05) is 48.5 Å². The van der Waals surface area contributed by atoms with Crippen molar-refractivity contribution >= 4 is 23.2 Å². The van der Waals surface area contributed by atoms with E-state index in [0.29, 0.717) is 22.0 Å². The van der Waals surface area contributed by atoms with Gasteiger partial charge >= 0.3 is 0 Å². The summed E-state index contributed by atoms with van der Waals surface area (Å²) in [5.74, 6) is 0.643. The van der Waals surface area contributed by atoms with E-state index in [1.807, 2.05) is 61.0 Å². The number of nitrogens with zero attached hydrogens (tertiary/aromatic N) is 3. The molecule has 2 bridgehead atoms. The third-order valence-corrected chi connectivity index (χ3v) is 10.2. The minimum Gasteiger partial charge on any atom is -0.512 e. The molecule has 2 fully saturated rings. The van der Waals surface area contributed by atoms with Crippen molar-refractivity contribution in [3.05, 3.63) is 82.6 Å². The van der Waals surface area contributed by atoms with E-state index in [9.17, 15) is 9.90 Å². The molecule has 1 amide bonds. The molecule has 2 N–H and O–H groups in total. The van der Waals surface area contributed by atoms with Crippen LogP contribution in [0.15, 0.2) is 54.8 Å². The summed E-state index contributed by atoms with van der Waals surface area (Å²) >= 11 is 6.45. The Hall–Kier alpha value is -3.09. The summed E-state index contributed by atoms with van der Waals surface area (Å²) in [6.07, 6.45) is 7.65. The first-order chi connectivity index (χ1) is 18.7. The van der Waals surface area contributed by atoms with Crippen LogP contribution in [0.5, 0.6) is 0 Å². The molecule has 0 spiro atoms. The summed E-state index contributed by atoms with van der Waals surface area (Å²) in [5, 5.41) is 14.0. The highest BCUT2D eigenvalue weighted by Crippen LogP contribution is 2.65. The number of carbonyl (C=O) groups is 1. The highest BCUT2D eigenvalue weighted by atomic mass is 35.5. The number of amides is 1. The van der Waals surface area contributed by atoms with Crippen molar-refractivity contribution in [3.63, 3.8) is 0 Å². The second kappa shape index (κ2) is 9.83. The third-order valence-electron chi connectivity index (χ3n) is 9.84. The van der Waals surface area contributed by atoms with E-state index < -0.39 is 0 Å². The second-order valence-corrected chi connectivity index (χ2v) is 12.4. The lowest BCUT2D eigenvalue weighted by atomic mass is 9.79. The molecule has 2 aliphatic carbocycles. The molecule has 6 rings (SSSR count). The lowest BCUT2D eigenvalue weighted by Gasteiger charge is -2.32. The standard InChI is InChI=1S/C32H37ClN4O2/c1-21-23(24-7-4-5-9-25(24)33)8-6-10-26(21)35-30(39)29-34-27-19-37(17-11-28(27)36(29)3)18-16-31-12-14-32(20-31,15-13-31)22(2)38/h4-10,38H,2,11-20H2,1,3H3,(H,35,39). The van der Waals surface area contributed by atoms with Gasteiger partial charge in [0.2, 0.25) is 0 Å². The van der Waals surface area contributed by atoms with Crippen LogP contribution in [0.3, 0.4) is 0 Å². The molecule has 2 heterocycles. The number of benzene rings is 2. The number of hydrogen-bond donors (Lipinski definition) is 2. The van der Waals surface area contributed by atoms with Crippen molar-refractivity contribution in [3.8, 4) is 11.1 Å². The van der Waals surface area contributed by atoms with E-state index in [0.717, 1.165) is 85.5 Å². The van der Waals surface area contributed by atoms with Crippen LogP contribution in [0.1, 0.15) is 66.1 Å². The van der Waals surface area contributed by atoms with Crippen molar-refractivity contribution in [2.24, 2.45) is 17.9 Å². The Kier molecular flexibility index (Phi) is 6.59. The van der Waals surface area contributed by atoms with Crippen LogP contribution in [0.25, 0.3) is 11.1 Å². The SMILES string of the molecule is C=C(O)C12CCC(CCN3CCc4c(nc(C(=O)Nc5cccc(-c6ccccc6Cl)c5C)n4C)C3)(CC1)C2. The Morgan fingerprint density at radius 2 is 1.87 bits per heavy atom. The van der Waals surface area contributed by atoms with Gasteiger partial charge < -0.3 is 15.0 Å². The fourth-order valence-corrected chi connectivity index (χ4v) is 7.59. The van der Waals surface area contributed by atoms with Crippen molar-refractivity contribution in [1.82, 2.24) is 14.5 Å². The number of imidazole rings is 1. The largest absolute Gasteiger partial charge is 0.512 e. The number of halogens is 1. The summed E-state index contributed by atoms with van der Waals surface area (Å²) < 4.78 is 1.96. The van der Waals surface area contributed by atoms with Crippen LogP contribution >= 0.6 is 11.6 Å². The Morgan fingerprint density at radius 1 is 1.13 bits per heavy atom. The van der Waals surface area contributed by atoms with Crippen LogP contribution < -0.4 is 5.32 Å². The zero-order chi connectivity index (χ0) is 27.4. The van der Waals surface area contributed by atoms with Crippen molar-refractivity contribution in [1.29, 1.82) is 0 Å². The van der Waals surface area contributed by atoms with Gasteiger partial charge in [0.05, 0.1) is 11.5 Å². The summed E-state index contributed by atoms with van der Waals surface area (Å²) in [6.45, 7) is 8.66. The number of nitrogens with one attached hydrogen (secondary N) is 1. The molecule has 204 valence electrons. The maximum atomic E-state index is 13.4. The minimum atomic E-state index is -0.200. The molecule has 2 saturated carbocycles. The molecule has 0 atom stereocenters. The zero-order valence-corrected chi connectivity index (χ0v) is 23.7. The maximum Gasteiger partial charge on any atom is 0.291 e. The number of aliphatic hydroxyl groups is 1. The molecule has 1 aliphatic heterocycles. The Morgan fingerprint density at radius 3 is 2.59 bits per heavy atom. The number of anilines is 1. The quantitative estimate of drug-likeness (QED) is 0.312. The Labute approximate surface area is 235 Å². The molecule has 7 heteroatoms. The first-order valence-electron chi connectivity index (χ1n) is 14.0. The summed E-state index contributed by atoms with van der Waals surface area (Å²) in [6, 6.07) is 13.6. The van der Waals surface area contributed by atoms with Crippen LogP contribution in [0.2, 0.25) is 5.02 Å². The molecule has 6 nitrogen and oxygen atoms in total. The van der Waals surface area contributed by atoms with Crippen LogP contribution in [0.4, 0.5) is 5.69 Å². The fourth-order valence-electron chi connectivity index (χ4n) is 7.35. The van der Waals surface area contributed by atoms with Crippen molar-refractivity contribution in [2.75, 3.05) is 18.4 Å². The number of aromatic nitrogens is 2. The van der Waals surface area contributed by atoms with Crippen LogP contribution in [-0.4, -0.2) is 38.6 Å². The normalized spacial score (nSPS) is 24.1. The average Bonchev–Trinajstić information content (AvgIpc) is 3.60. The lowest BCUT2D eigenvalue weighted by molar-refractivity contribution is 0.101. The topological polar surface area (TPSA) is 70.4 Å². The molecule has 2 aromatic carbocycles. The number of allylic oxidation sites excluding steroid dienone is 1. The molecule has 0 radical (unpaired) electrons. The lowest BCUT2D eigenvalue weighted by Crippen LogP contribution is -2.34. The summed E-state index contributed by atoms with van der Waals surface area (Å²) in [5.41, 5.74) is 6.14. The van der Waals surface area contributed by atoms with Gasteiger partial charge in [-0.2, -0.15) is 0 Å². The van der Waals surface area contributed by atoms with E-state index in [1.165, 1.54) is 12.8 Å². The predicted molar refractivity (Wildman–Crippen MR) is 156 cm³/mol. The summed E-state index contributed by atoms with van der Waals surface area (Å²) in [7, 11) is 1.95. The maximum absolute atomic E-state index is 13.4. The van der Waals surface area contributed by atoms with Gasteiger partial charge in [0.15, 0.2) is 5.82 Å². The van der Waals surface area contributed by atoms with Gasteiger partial charge in [-0.3, -0.25) is 9.69 Å². The minimum absolute atomic E-state index is 0.0243. The second-order valence-electron chi connectivity index (χ2n) is 12.0. The van der Waals surface area contributed by atoms with Crippen LogP contribution in [0, 0.1) is 17.8 Å². The van der Waals surface area contributed by atoms with E-state index in [-0.39, 0.29) is 11.3 Å². The van der Waals surface area contributed by atoms with E-state index in [2.05, 4.69) is 16.8 Å². The van der Waals surface area contributed by atoms with Gasteiger partial charge in [0.25, 0.3) is 5.91 Å². The molecule has 0 unspecified atom stereocenters. The molecule has 3 aliphatic rings. The van der Waals surface area contributed by atoms with Crippen molar-refractivity contribution in [2.45, 2.75) is 58.4 Å². The Bertz CT molecular complexity index is 1450. The third kappa shape index (κ3) is 4.57. The van der Waals surface area contributed by atoms with E-state index in [1.54, 1.807) is 0 Å². The van der Waals surface area contributed by atoms with Gasteiger partial charge in [0, 0.05) is 53.9 Å². The molecule has 3 aromatic rings. The monoisotopic (exact) mass is 544 g/mol. The highest BCUT2D eigenvalue weighted by molar-refractivity contribution is 6.33. The van der Waals surface area contributed by atoms with Crippen LogP contribution in [-0.2, 0) is 20.0 Å². The fraction of sp³-hybridized carbons (Fsp3) is 0.438. The Balaban J connectivity index is 1.14.